The fourth-order valence-corrected chi connectivity index (χ4v) is 1.19. The van der Waals surface area contributed by atoms with Crippen LogP contribution in [0.4, 0.5) is 17.3 Å². The van der Waals surface area contributed by atoms with Crippen molar-refractivity contribution in [3.05, 3.63) is 35.2 Å². The summed E-state index contributed by atoms with van der Waals surface area (Å²) in [5, 5.41) is 8.47. The zero-order chi connectivity index (χ0) is 15.7. The van der Waals surface area contributed by atoms with Crippen molar-refractivity contribution in [2.45, 2.75) is 11.8 Å². The molecule has 0 aliphatic carbocycles. The Balaban J connectivity index is -0.000000124. The largest absolute Gasteiger partial charge is 1.00 e. The predicted molar refractivity (Wildman–Crippen MR) is 67.1 cm³/mol. The Morgan fingerprint density at radius 3 is 1.57 bits per heavy atom. The van der Waals surface area contributed by atoms with Crippen molar-refractivity contribution in [2.24, 2.45) is 0 Å². The summed E-state index contributed by atoms with van der Waals surface area (Å²) in [6, 6.07) is 5.99. The molecular formula is C8H8Ag2BF4NO3S2. The molecule has 1 aromatic carbocycles. The fraction of sp³-hybridized carbons (Fsp3) is 0.125. The molecule has 0 radical (unpaired) electrons. The van der Waals surface area contributed by atoms with Gasteiger partial charge < -0.3 is 22.7 Å². The molecule has 1 N–H and O–H groups in total. The number of isothiocyanates is 1. The smallest absolute Gasteiger partial charge is 0.753 e. The molecule has 0 aliphatic rings. The van der Waals surface area contributed by atoms with Gasteiger partial charge in [0.15, 0.2) is 0 Å². The number of halogens is 4. The fourth-order valence-electron chi connectivity index (χ4n) is 0.710. The van der Waals surface area contributed by atoms with Crippen molar-refractivity contribution in [3.8, 4) is 0 Å². The summed E-state index contributed by atoms with van der Waals surface area (Å²) >= 11 is 3.70. The van der Waals surface area contributed by atoms with Gasteiger partial charge in [0, 0.05) is 0 Å². The number of aryl methyl sites for hydroxylation is 1. The summed E-state index contributed by atoms with van der Waals surface area (Å²) in [5.41, 5.74) is 0.956. The van der Waals surface area contributed by atoms with Gasteiger partial charge in [-0.1, -0.05) is 29.9 Å². The van der Waals surface area contributed by atoms with Crippen LogP contribution >= 0.6 is 12.2 Å². The topological polar surface area (TPSA) is 76.7 Å². The third-order valence-electron chi connectivity index (χ3n) is 1.32. The molecule has 0 amide bonds. The molecule has 0 heterocycles. The van der Waals surface area contributed by atoms with Crippen molar-refractivity contribution < 1.29 is 75.0 Å². The van der Waals surface area contributed by atoms with E-state index in [2.05, 4.69) is 12.2 Å². The van der Waals surface area contributed by atoms with E-state index in [1.807, 2.05) is 6.92 Å². The van der Waals surface area contributed by atoms with E-state index >= 15 is 0 Å². The van der Waals surface area contributed by atoms with Crippen LogP contribution in [0.15, 0.2) is 29.2 Å². The van der Waals surface area contributed by atoms with E-state index in [1.165, 1.54) is 17.3 Å². The molecule has 0 aliphatic heterocycles. The van der Waals surface area contributed by atoms with Gasteiger partial charge in [-0.15, -0.1) is 0 Å². The van der Waals surface area contributed by atoms with E-state index in [0.717, 1.165) is 5.56 Å². The van der Waals surface area contributed by atoms with Gasteiger partial charge >= 0.3 is 52.0 Å². The van der Waals surface area contributed by atoms with Crippen LogP contribution in [-0.2, 0) is 54.9 Å². The van der Waals surface area contributed by atoms with Crippen LogP contribution in [0.3, 0.4) is 0 Å². The van der Waals surface area contributed by atoms with Crippen LogP contribution in [0.2, 0.25) is 0 Å². The third kappa shape index (κ3) is 25.5. The van der Waals surface area contributed by atoms with Gasteiger partial charge in [-0.05, 0) is 19.1 Å². The van der Waals surface area contributed by atoms with Crippen molar-refractivity contribution in [1.29, 1.82) is 0 Å². The molecule has 0 bridgehead atoms. The Labute approximate surface area is 156 Å². The number of rotatable bonds is 1. The molecule has 0 atom stereocenters. The molecule has 4 nitrogen and oxygen atoms in total. The number of benzene rings is 1. The molecule has 1 aromatic rings. The predicted octanol–water partition coefficient (Wildman–Crippen LogP) is 3.20. The minimum Gasteiger partial charge on any atom is -0.753 e. The Morgan fingerprint density at radius 1 is 1.14 bits per heavy atom. The van der Waals surface area contributed by atoms with E-state index in [-0.39, 0.29) is 49.7 Å². The first-order valence-electron chi connectivity index (χ1n) is 4.34. The van der Waals surface area contributed by atoms with E-state index in [1.54, 1.807) is 12.1 Å². The van der Waals surface area contributed by atoms with Crippen molar-refractivity contribution in [2.75, 3.05) is 0 Å². The monoisotopic (exact) mass is 531 g/mol. The van der Waals surface area contributed by atoms with Crippen LogP contribution in [0.5, 0.6) is 0 Å². The number of hydrogen-bond acceptors (Lipinski definition) is 3. The molecule has 0 saturated carbocycles. The molecule has 0 fully saturated rings. The summed E-state index contributed by atoms with van der Waals surface area (Å²) < 4.78 is 68.6. The molecule has 0 unspecified atom stereocenters. The molecular weight excluding hydrogens is 525 g/mol. The summed E-state index contributed by atoms with van der Waals surface area (Å²) in [7, 11) is -10.0. The maximum Gasteiger partial charge on any atom is 1.00 e. The minimum atomic E-state index is -6.00. The SMILES string of the molecule is Cc1ccc(S(=O)(=O)O)cc1.F[B-](F)(F)F.[Ag+].[Ag+].[N-]=C=S. The normalized spacial score (nSPS) is 9.24. The van der Waals surface area contributed by atoms with Gasteiger partial charge in [-0.3, -0.25) is 4.55 Å². The van der Waals surface area contributed by atoms with Gasteiger partial charge in [-0.2, -0.15) is 13.6 Å². The summed E-state index contributed by atoms with van der Waals surface area (Å²) in [4.78, 5) is -0.0666. The maximum absolute atomic E-state index is 10.5. The Bertz CT molecular complexity index is 513. The number of thiocarbonyl (C=S) groups is 1. The van der Waals surface area contributed by atoms with Crippen LogP contribution in [0, 0.1) is 6.92 Å². The van der Waals surface area contributed by atoms with Gasteiger partial charge in [0.2, 0.25) is 0 Å². The molecule has 1 rings (SSSR count). The van der Waals surface area contributed by atoms with Crippen molar-refractivity contribution in [3.63, 3.8) is 0 Å². The molecule has 13 heteroatoms. The van der Waals surface area contributed by atoms with Gasteiger partial charge in [0.25, 0.3) is 10.1 Å². The van der Waals surface area contributed by atoms with Gasteiger partial charge in [-0.25, -0.2) is 0 Å². The zero-order valence-electron chi connectivity index (χ0n) is 10.0. The second-order valence-corrected chi connectivity index (χ2v) is 4.48. The quantitative estimate of drug-likeness (QED) is 0.198. The summed E-state index contributed by atoms with van der Waals surface area (Å²) in [6.45, 7) is 1.84. The van der Waals surface area contributed by atoms with E-state index < -0.39 is 17.4 Å². The molecule has 21 heavy (non-hydrogen) atoms. The average Bonchev–Trinajstić information content (AvgIpc) is 2.15. The van der Waals surface area contributed by atoms with E-state index in [4.69, 9.17) is 9.96 Å². The third-order valence-corrected chi connectivity index (χ3v) is 2.19. The second kappa shape index (κ2) is 13.8. The molecule has 0 saturated heterocycles. The maximum atomic E-state index is 10.5. The molecule has 0 spiro atoms. The Kier molecular flexibility index (Phi) is 19.3. The first-order chi connectivity index (χ1) is 8.41. The van der Waals surface area contributed by atoms with Crippen molar-refractivity contribution in [1.82, 2.24) is 0 Å². The first-order valence-corrected chi connectivity index (χ1v) is 6.19. The van der Waals surface area contributed by atoms with E-state index in [0.29, 0.717) is 0 Å². The van der Waals surface area contributed by atoms with Gasteiger partial charge in [0.05, 0.1) is 4.90 Å². The standard InChI is InChI=1S/C7H8O3S.CNS.2Ag.BF4/c1-6-2-4-7(5-3-6)11(8,9)10;2-1-3;;;2-1(3,4)5/h2-5H,1H3,(H,8,9,10);;;;/q;-1;2*+1;-1. The van der Waals surface area contributed by atoms with Crippen LogP contribution in [0.1, 0.15) is 5.56 Å². The summed E-state index contributed by atoms with van der Waals surface area (Å²) in [5.74, 6) is 0. The first kappa shape index (κ1) is 29.2. The van der Waals surface area contributed by atoms with Crippen LogP contribution in [0.25, 0.3) is 5.41 Å². The van der Waals surface area contributed by atoms with Crippen LogP contribution in [-0.4, -0.2) is 25.4 Å². The Hall–Kier alpha value is 0.195. The van der Waals surface area contributed by atoms with Crippen molar-refractivity contribution >= 4 is 34.8 Å². The minimum absolute atomic E-state index is 0. The number of hydrogen-bond donors (Lipinski definition) is 1. The van der Waals surface area contributed by atoms with Gasteiger partial charge in [0.1, 0.15) is 0 Å². The number of nitrogens with zero attached hydrogens (tertiary/aromatic N) is 1. The average molecular weight is 533 g/mol. The summed E-state index contributed by atoms with van der Waals surface area (Å²) in [6.07, 6.45) is 0. The molecule has 0 aromatic heterocycles. The van der Waals surface area contributed by atoms with E-state index in [9.17, 15) is 25.7 Å². The van der Waals surface area contributed by atoms with Crippen LogP contribution < -0.4 is 0 Å². The molecule has 128 valence electrons. The Morgan fingerprint density at radius 2 is 1.38 bits per heavy atom. The second-order valence-electron chi connectivity index (χ2n) is 2.87. The zero-order valence-corrected chi connectivity index (χ0v) is 14.6.